The Labute approximate surface area is 143 Å². The number of carbonyl (C=O) groups excluding carboxylic acids is 1. The molecule has 20 heavy (non-hydrogen) atoms. The molecule has 2 rings (SSSR count). The van der Waals surface area contributed by atoms with Gasteiger partial charge in [0.1, 0.15) is 5.15 Å². The highest BCUT2D eigenvalue weighted by Gasteiger charge is 2.21. The Hall–Kier alpha value is -0.520. The van der Waals surface area contributed by atoms with Crippen LogP contribution in [-0.2, 0) is 0 Å². The molecule has 1 N–H and O–H groups in total. The van der Waals surface area contributed by atoms with E-state index in [9.17, 15) is 4.79 Å². The number of hydrogen-bond acceptors (Lipinski definition) is 2. The number of pyridine rings is 1. The van der Waals surface area contributed by atoms with Gasteiger partial charge in [-0.15, -0.1) is 0 Å². The largest absolute Gasteiger partial charge is 0.321 e. The summed E-state index contributed by atoms with van der Waals surface area (Å²) in [5.74, 6) is -0.530. The molecule has 0 bridgehead atoms. The van der Waals surface area contributed by atoms with Gasteiger partial charge < -0.3 is 5.32 Å². The quantitative estimate of drug-likeness (QED) is 0.639. The summed E-state index contributed by atoms with van der Waals surface area (Å²) >= 11 is 26.8. The van der Waals surface area contributed by atoms with E-state index in [1.165, 1.54) is 0 Å². The predicted octanol–water partition coefficient (Wildman–Crippen LogP) is 5.71. The molecule has 3 nitrogen and oxygen atoms in total. The van der Waals surface area contributed by atoms with Gasteiger partial charge in [0, 0.05) is 4.47 Å². The third-order valence-electron chi connectivity index (χ3n) is 2.35. The second kappa shape index (κ2) is 6.50. The highest BCUT2D eigenvalue weighted by Crippen LogP contribution is 2.35. The van der Waals surface area contributed by atoms with Crippen LogP contribution in [0.5, 0.6) is 0 Å². The van der Waals surface area contributed by atoms with E-state index >= 15 is 0 Å². The lowest BCUT2D eigenvalue weighted by atomic mass is 10.2. The molecule has 0 saturated heterocycles. The third-order valence-corrected chi connectivity index (χ3v) is 4.52. The van der Waals surface area contributed by atoms with Crippen molar-refractivity contribution in [1.29, 1.82) is 0 Å². The first-order chi connectivity index (χ1) is 9.41. The molecule has 1 aromatic heterocycles. The van der Waals surface area contributed by atoms with Crippen molar-refractivity contribution in [3.05, 3.63) is 54.7 Å². The predicted molar refractivity (Wildman–Crippen MR) is 86.4 cm³/mol. The molecule has 0 aliphatic heterocycles. The van der Waals surface area contributed by atoms with Crippen molar-refractivity contribution in [1.82, 2.24) is 4.98 Å². The number of hydrogen-bond donors (Lipinski definition) is 1. The van der Waals surface area contributed by atoms with Crippen LogP contribution < -0.4 is 5.32 Å². The van der Waals surface area contributed by atoms with Crippen LogP contribution in [0.1, 0.15) is 10.4 Å². The van der Waals surface area contributed by atoms with Crippen LogP contribution in [-0.4, -0.2) is 10.9 Å². The van der Waals surface area contributed by atoms with E-state index in [1.54, 1.807) is 18.2 Å². The zero-order valence-electron chi connectivity index (χ0n) is 9.55. The Morgan fingerprint density at radius 2 is 1.70 bits per heavy atom. The lowest BCUT2D eigenvalue weighted by molar-refractivity contribution is 0.102. The molecule has 2 aromatic rings. The summed E-state index contributed by atoms with van der Waals surface area (Å²) in [5.41, 5.74) is 0.536. The van der Waals surface area contributed by atoms with Crippen molar-refractivity contribution in [2.75, 3.05) is 5.32 Å². The smallest absolute Gasteiger partial charge is 0.260 e. The molecular formula is C12H5BrCl4N2O. The topological polar surface area (TPSA) is 42.0 Å². The second-order valence-corrected chi connectivity index (χ2v) is 5.96. The molecule has 1 amide bonds. The molecule has 104 valence electrons. The van der Waals surface area contributed by atoms with Crippen LogP contribution >= 0.6 is 62.3 Å². The Bertz CT molecular complexity index is 693. The van der Waals surface area contributed by atoms with Gasteiger partial charge >= 0.3 is 0 Å². The summed E-state index contributed by atoms with van der Waals surface area (Å²) in [4.78, 5) is 16.0. The maximum atomic E-state index is 12.2. The van der Waals surface area contributed by atoms with Gasteiger partial charge in [-0.25, -0.2) is 4.98 Å². The van der Waals surface area contributed by atoms with Gasteiger partial charge in [-0.3, -0.25) is 4.79 Å². The van der Waals surface area contributed by atoms with E-state index in [0.717, 1.165) is 0 Å². The molecule has 0 unspecified atom stereocenters. The monoisotopic (exact) mass is 412 g/mol. The third kappa shape index (κ3) is 3.21. The molecule has 0 radical (unpaired) electrons. The van der Waals surface area contributed by atoms with Crippen molar-refractivity contribution in [3.8, 4) is 0 Å². The van der Waals surface area contributed by atoms with Crippen LogP contribution in [0.2, 0.25) is 20.4 Å². The maximum Gasteiger partial charge on any atom is 0.260 e. The fourth-order valence-electron chi connectivity index (χ4n) is 1.42. The van der Waals surface area contributed by atoms with E-state index in [0.29, 0.717) is 10.2 Å². The first-order valence-corrected chi connectivity index (χ1v) is 7.48. The van der Waals surface area contributed by atoms with Crippen LogP contribution in [0, 0.1) is 0 Å². The van der Waals surface area contributed by atoms with Gasteiger partial charge in [0.25, 0.3) is 5.91 Å². The van der Waals surface area contributed by atoms with Crippen molar-refractivity contribution >= 4 is 73.9 Å². The summed E-state index contributed by atoms with van der Waals surface area (Å²) < 4.78 is 0.716. The first-order valence-electron chi connectivity index (χ1n) is 5.17. The number of amides is 1. The molecule has 0 fully saturated rings. The minimum atomic E-state index is -0.530. The van der Waals surface area contributed by atoms with Gasteiger partial charge in [-0.2, -0.15) is 0 Å². The summed E-state index contributed by atoms with van der Waals surface area (Å²) in [6, 6.07) is 7.09. The van der Waals surface area contributed by atoms with Crippen LogP contribution in [0.15, 0.2) is 28.7 Å². The SMILES string of the molecule is O=C(Nc1ccccc1Br)c1c(Cl)nc(Cl)c(Cl)c1Cl. The van der Waals surface area contributed by atoms with E-state index in [2.05, 4.69) is 26.2 Å². The number of anilines is 1. The van der Waals surface area contributed by atoms with Gasteiger partial charge in [-0.05, 0) is 28.1 Å². The Kier molecular flexibility index (Phi) is 5.15. The molecule has 0 aliphatic rings. The zero-order valence-corrected chi connectivity index (χ0v) is 14.2. The summed E-state index contributed by atoms with van der Waals surface area (Å²) in [7, 11) is 0. The first kappa shape index (κ1) is 15.9. The number of carbonyl (C=O) groups is 1. The second-order valence-electron chi connectivity index (χ2n) is 3.63. The molecule has 0 spiro atoms. The molecule has 0 atom stereocenters. The van der Waals surface area contributed by atoms with Crippen molar-refractivity contribution in [2.45, 2.75) is 0 Å². The maximum absolute atomic E-state index is 12.2. The number of para-hydroxylation sites is 1. The van der Waals surface area contributed by atoms with Gasteiger partial charge in [0.2, 0.25) is 0 Å². The number of benzene rings is 1. The normalized spacial score (nSPS) is 10.4. The lowest BCUT2D eigenvalue weighted by Gasteiger charge is -2.10. The Morgan fingerprint density at radius 3 is 2.35 bits per heavy atom. The van der Waals surface area contributed by atoms with Crippen molar-refractivity contribution in [3.63, 3.8) is 0 Å². The Morgan fingerprint density at radius 1 is 1.05 bits per heavy atom. The molecule has 8 heteroatoms. The van der Waals surface area contributed by atoms with E-state index in [4.69, 9.17) is 46.4 Å². The van der Waals surface area contributed by atoms with Crippen LogP contribution in [0.4, 0.5) is 5.69 Å². The highest BCUT2D eigenvalue weighted by atomic mass is 79.9. The molecule has 0 aliphatic carbocycles. The van der Waals surface area contributed by atoms with Gasteiger partial charge in [0.15, 0.2) is 5.15 Å². The molecular weight excluding hydrogens is 410 g/mol. The average Bonchev–Trinajstić information content (AvgIpc) is 2.39. The standard InChI is InChI=1S/C12H5BrCl4N2O/c13-5-3-1-2-4-6(5)18-12(20)7-8(14)9(15)11(17)19-10(7)16/h1-4H,(H,18,20). The minimum Gasteiger partial charge on any atom is -0.321 e. The summed E-state index contributed by atoms with van der Waals surface area (Å²) in [5, 5.41) is 2.43. The van der Waals surface area contributed by atoms with E-state index < -0.39 is 5.91 Å². The number of nitrogens with zero attached hydrogens (tertiary/aromatic N) is 1. The minimum absolute atomic E-state index is 0.0185. The summed E-state index contributed by atoms with van der Waals surface area (Å²) in [6.45, 7) is 0. The lowest BCUT2D eigenvalue weighted by Crippen LogP contribution is -2.14. The van der Waals surface area contributed by atoms with E-state index in [1.807, 2.05) is 6.07 Å². The zero-order chi connectivity index (χ0) is 14.9. The van der Waals surface area contributed by atoms with Gasteiger partial charge in [0.05, 0.1) is 21.3 Å². The van der Waals surface area contributed by atoms with Crippen LogP contribution in [0.25, 0.3) is 0 Å². The highest BCUT2D eigenvalue weighted by molar-refractivity contribution is 9.10. The number of nitrogens with one attached hydrogen (secondary N) is 1. The molecule has 1 heterocycles. The number of rotatable bonds is 2. The van der Waals surface area contributed by atoms with Crippen molar-refractivity contribution < 1.29 is 4.79 Å². The van der Waals surface area contributed by atoms with E-state index in [-0.39, 0.29) is 25.9 Å². The number of halogens is 5. The fraction of sp³-hybridized carbons (Fsp3) is 0. The molecule has 1 aromatic carbocycles. The summed E-state index contributed by atoms with van der Waals surface area (Å²) in [6.07, 6.45) is 0. The van der Waals surface area contributed by atoms with Crippen LogP contribution in [0.3, 0.4) is 0 Å². The molecule has 0 saturated carbocycles. The fourth-order valence-corrected chi connectivity index (χ4v) is 2.79. The number of aromatic nitrogens is 1. The average molecular weight is 415 g/mol. The van der Waals surface area contributed by atoms with Gasteiger partial charge in [-0.1, -0.05) is 58.5 Å². The van der Waals surface area contributed by atoms with Crippen molar-refractivity contribution in [2.24, 2.45) is 0 Å². The Balaban J connectivity index is 2.40.